The molecule has 1 heteroatoms. The van der Waals surface area contributed by atoms with Crippen molar-refractivity contribution in [3.63, 3.8) is 0 Å². The van der Waals surface area contributed by atoms with Gasteiger partial charge in [0.25, 0.3) is 0 Å². The Hall–Kier alpha value is -0.590. The predicted molar refractivity (Wildman–Crippen MR) is 123 cm³/mol. The Morgan fingerprint density at radius 3 is 2.55 bits per heavy atom. The molecule has 3 saturated carbocycles. The number of fused-ring (bicyclic) bond motifs is 5. The molecule has 4 aliphatic carbocycles. The standard InChI is InChI=1S/C28H46O/c1-6-19(2)8-7-9-20(3)24-12-13-25-23-11-10-21-18-22(29)14-16-27(21,4)26(23)15-17-28(24,25)5/h11,19-21,24-26H,6-10,12-18H2,1-5H3/t19?,20-,21+,24?,25?,26?,27+,28-/m1/s1. The summed E-state index contributed by atoms with van der Waals surface area (Å²) in [7, 11) is 0. The summed E-state index contributed by atoms with van der Waals surface area (Å²) in [5, 5.41) is 0. The molecular formula is C28H46O. The second-order valence-electron chi connectivity index (χ2n) is 12.1. The molecule has 0 spiro atoms. The van der Waals surface area contributed by atoms with Gasteiger partial charge in [0.1, 0.15) is 5.78 Å². The van der Waals surface area contributed by atoms with Gasteiger partial charge in [0.2, 0.25) is 0 Å². The molecule has 0 N–H and O–H groups in total. The smallest absolute Gasteiger partial charge is 0.133 e. The van der Waals surface area contributed by atoms with Crippen molar-refractivity contribution in [2.45, 2.75) is 112 Å². The van der Waals surface area contributed by atoms with Crippen LogP contribution < -0.4 is 0 Å². The second-order valence-corrected chi connectivity index (χ2v) is 12.1. The molecule has 0 radical (unpaired) electrons. The van der Waals surface area contributed by atoms with E-state index >= 15 is 0 Å². The molecule has 0 heterocycles. The van der Waals surface area contributed by atoms with E-state index in [9.17, 15) is 4.79 Å². The molecule has 8 atom stereocenters. The third kappa shape index (κ3) is 3.67. The van der Waals surface area contributed by atoms with Crippen LogP contribution in [-0.2, 0) is 4.79 Å². The third-order valence-corrected chi connectivity index (χ3v) is 10.7. The van der Waals surface area contributed by atoms with E-state index in [4.69, 9.17) is 0 Å². The molecule has 4 unspecified atom stereocenters. The maximum absolute atomic E-state index is 12.1. The molecular weight excluding hydrogens is 352 g/mol. The number of allylic oxidation sites excluding steroid dienone is 2. The highest BCUT2D eigenvalue weighted by molar-refractivity contribution is 5.79. The highest BCUT2D eigenvalue weighted by Gasteiger charge is 2.58. The fourth-order valence-electron chi connectivity index (χ4n) is 8.47. The molecule has 0 aromatic carbocycles. The summed E-state index contributed by atoms with van der Waals surface area (Å²) in [4.78, 5) is 12.1. The highest BCUT2D eigenvalue weighted by Crippen LogP contribution is 2.66. The minimum absolute atomic E-state index is 0.402. The van der Waals surface area contributed by atoms with Crippen molar-refractivity contribution in [1.29, 1.82) is 0 Å². The Balaban J connectivity index is 1.47. The summed E-state index contributed by atoms with van der Waals surface area (Å²) >= 11 is 0. The summed E-state index contributed by atoms with van der Waals surface area (Å²) in [5.74, 6) is 5.45. The minimum Gasteiger partial charge on any atom is -0.300 e. The molecule has 29 heavy (non-hydrogen) atoms. The van der Waals surface area contributed by atoms with Crippen LogP contribution in [0, 0.1) is 46.3 Å². The quantitative estimate of drug-likeness (QED) is 0.414. The SMILES string of the molecule is CCC(C)CCC[C@@H](C)C1CCC2C3=CC[C@H]4CC(=O)CC[C@]4(C)C3CC[C@@]21C. The molecule has 0 bridgehead atoms. The van der Waals surface area contributed by atoms with E-state index < -0.39 is 0 Å². The summed E-state index contributed by atoms with van der Waals surface area (Å²) in [6.07, 6.45) is 18.0. The van der Waals surface area contributed by atoms with Crippen molar-refractivity contribution in [2.75, 3.05) is 0 Å². The van der Waals surface area contributed by atoms with Crippen LogP contribution in [0.15, 0.2) is 11.6 Å². The molecule has 4 rings (SSSR count). The summed E-state index contributed by atoms with van der Waals surface area (Å²) in [6.45, 7) is 12.5. The molecule has 0 aromatic rings. The highest BCUT2D eigenvalue weighted by atomic mass is 16.1. The van der Waals surface area contributed by atoms with E-state index in [-0.39, 0.29) is 0 Å². The zero-order chi connectivity index (χ0) is 20.8. The van der Waals surface area contributed by atoms with Gasteiger partial charge in [-0.1, -0.05) is 72.0 Å². The number of carbonyl (C=O) groups excluding carboxylic acids is 1. The lowest BCUT2D eigenvalue weighted by atomic mass is 9.47. The van der Waals surface area contributed by atoms with E-state index in [1.807, 2.05) is 5.57 Å². The number of rotatable bonds is 6. The van der Waals surface area contributed by atoms with Crippen molar-refractivity contribution >= 4 is 5.78 Å². The van der Waals surface area contributed by atoms with Crippen molar-refractivity contribution in [3.8, 4) is 0 Å². The van der Waals surface area contributed by atoms with Crippen molar-refractivity contribution < 1.29 is 4.79 Å². The normalized spacial score (nSPS) is 43.8. The van der Waals surface area contributed by atoms with E-state index in [0.717, 1.165) is 48.9 Å². The van der Waals surface area contributed by atoms with Crippen LogP contribution in [0.4, 0.5) is 0 Å². The largest absolute Gasteiger partial charge is 0.300 e. The van der Waals surface area contributed by atoms with Crippen LogP contribution in [0.25, 0.3) is 0 Å². The molecule has 0 aliphatic heterocycles. The average molecular weight is 399 g/mol. The van der Waals surface area contributed by atoms with Crippen molar-refractivity contribution in [3.05, 3.63) is 11.6 Å². The zero-order valence-corrected chi connectivity index (χ0v) is 19.9. The van der Waals surface area contributed by atoms with Gasteiger partial charge in [0.05, 0.1) is 0 Å². The van der Waals surface area contributed by atoms with Crippen LogP contribution in [0.2, 0.25) is 0 Å². The van der Waals surface area contributed by atoms with Gasteiger partial charge in [-0.2, -0.15) is 0 Å². The summed E-state index contributed by atoms with van der Waals surface area (Å²) in [5.41, 5.74) is 2.78. The van der Waals surface area contributed by atoms with Gasteiger partial charge in [-0.25, -0.2) is 0 Å². The first-order valence-electron chi connectivity index (χ1n) is 13.0. The van der Waals surface area contributed by atoms with Crippen LogP contribution in [-0.4, -0.2) is 5.78 Å². The predicted octanol–water partition coefficient (Wildman–Crippen LogP) is 7.99. The minimum atomic E-state index is 0.402. The topological polar surface area (TPSA) is 17.1 Å². The first-order chi connectivity index (χ1) is 13.8. The molecule has 164 valence electrons. The van der Waals surface area contributed by atoms with Crippen LogP contribution in [0.5, 0.6) is 0 Å². The average Bonchev–Trinajstić information content (AvgIpc) is 3.05. The van der Waals surface area contributed by atoms with E-state index in [2.05, 4.69) is 40.7 Å². The van der Waals surface area contributed by atoms with Crippen LogP contribution in [0.3, 0.4) is 0 Å². The maximum Gasteiger partial charge on any atom is 0.133 e. The fourth-order valence-corrected chi connectivity index (χ4v) is 8.47. The number of Topliss-reactive ketones (excluding diaryl/α,β-unsaturated/α-hetero) is 1. The number of carbonyl (C=O) groups is 1. The molecule has 3 fully saturated rings. The van der Waals surface area contributed by atoms with E-state index in [1.165, 1.54) is 57.8 Å². The second kappa shape index (κ2) is 8.16. The molecule has 0 aromatic heterocycles. The van der Waals surface area contributed by atoms with Gasteiger partial charge in [-0.05, 0) is 84.9 Å². The van der Waals surface area contributed by atoms with Gasteiger partial charge in [-0.15, -0.1) is 0 Å². The van der Waals surface area contributed by atoms with Gasteiger partial charge >= 0.3 is 0 Å². The summed E-state index contributed by atoms with van der Waals surface area (Å²) in [6, 6.07) is 0. The monoisotopic (exact) mass is 398 g/mol. The van der Waals surface area contributed by atoms with Gasteiger partial charge in [0.15, 0.2) is 0 Å². The zero-order valence-electron chi connectivity index (χ0n) is 19.9. The van der Waals surface area contributed by atoms with Crippen LogP contribution >= 0.6 is 0 Å². The van der Waals surface area contributed by atoms with Crippen molar-refractivity contribution in [2.24, 2.45) is 46.3 Å². The Bertz CT molecular complexity index is 647. The third-order valence-electron chi connectivity index (χ3n) is 10.7. The lowest BCUT2D eigenvalue weighted by Gasteiger charge is -2.57. The lowest BCUT2D eigenvalue weighted by Crippen LogP contribution is -2.49. The number of hydrogen-bond acceptors (Lipinski definition) is 1. The molecule has 0 saturated heterocycles. The van der Waals surface area contributed by atoms with Crippen LogP contribution in [0.1, 0.15) is 112 Å². The first kappa shape index (κ1) is 21.6. The molecule has 1 nitrogen and oxygen atoms in total. The number of hydrogen-bond donors (Lipinski definition) is 0. The first-order valence-corrected chi connectivity index (χ1v) is 13.0. The Morgan fingerprint density at radius 2 is 1.79 bits per heavy atom. The maximum atomic E-state index is 12.1. The Morgan fingerprint density at radius 1 is 1.03 bits per heavy atom. The van der Waals surface area contributed by atoms with Crippen molar-refractivity contribution in [1.82, 2.24) is 0 Å². The van der Waals surface area contributed by atoms with Gasteiger partial charge < -0.3 is 0 Å². The lowest BCUT2D eigenvalue weighted by molar-refractivity contribution is -0.127. The van der Waals surface area contributed by atoms with E-state index in [1.54, 1.807) is 0 Å². The van der Waals surface area contributed by atoms with E-state index in [0.29, 0.717) is 22.5 Å². The molecule has 4 aliphatic rings. The molecule has 0 amide bonds. The fraction of sp³-hybridized carbons (Fsp3) is 0.893. The number of ketones is 1. The Kier molecular flexibility index (Phi) is 6.09. The van der Waals surface area contributed by atoms with Gasteiger partial charge in [0, 0.05) is 12.8 Å². The Labute approximate surface area is 180 Å². The van der Waals surface area contributed by atoms with Gasteiger partial charge in [-0.3, -0.25) is 4.79 Å². The summed E-state index contributed by atoms with van der Waals surface area (Å²) < 4.78 is 0.